The summed E-state index contributed by atoms with van der Waals surface area (Å²) in [6.45, 7) is 0. The zero-order valence-electron chi connectivity index (χ0n) is 17.6. The number of para-hydroxylation sites is 1. The summed E-state index contributed by atoms with van der Waals surface area (Å²) in [5.41, 5.74) is -3.31. The number of aryl methyl sites for hydroxylation is 1. The van der Waals surface area contributed by atoms with Gasteiger partial charge >= 0.3 is 6.18 Å². The predicted molar refractivity (Wildman–Crippen MR) is 118 cm³/mol. The first-order valence-electron chi connectivity index (χ1n) is 9.42. The number of amides is 1. The lowest BCUT2D eigenvalue weighted by Gasteiger charge is -2.23. The van der Waals surface area contributed by atoms with Crippen LogP contribution in [0.1, 0.15) is 21.3 Å². The maximum atomic E-state index is 13.8. The molecule has 0 aliphatic carbocycles. The molecule has 0 aliphatic rings. The Labute approximate surface area is 189 Å². The number of aromatic amines is 1. The highest BCUT2D eigenvalue weighted by molar-refractivity contribution is 7.10. The molecule has 0 radical (unpaired) electrons. The number of hydrogen-bond acceptors (Lipinski definition) is 7. The van der Waals surface area contributed by atoms with Crippen molar-refractivity contribution >= 4 is 34.3 Å². The summed E-state index contributed by atoms with van der Waals surface area (Å²) in [4.78, 5) is 38.7. The molecule has 33 heavy (non-hydrogen) atoms. The van der Waals surface area contributed by atoms with Crippen molar-refractivity contribution in [1.29, 1.82) is 0 Å². The van der Waals surface area contributed by atoms with E-state index in [2.05, 4.69) is 15.7 Å². The number of benzene rings is 1. The molecule has 4 N–H and O–H groups in total. The summed E-state index contributed by atoms with van der Waals surface area (Å²) in [5, 5.41) is 18.8. The number of nitrogens with one attached hydrogen (secondary N) is 3. The van der Waals surface area contributed by atoms with Crippen molar-refractivity contribution in [3.05, 3.63) is 66.9 Å². The molecule has 0 aliphatic heterocycles. The minimum Gasteiger partial charge on any atom is -0.505 e. The van der Waals surface area contributed by atoms with Gasteiger partial charge in [-0.3, -0.25) is 24.2 Å². The summed E-state index contributed by atoms with van der Waals surface area (Å²) in [7, 11) is 4.15. The molecule has 0 saturated heterocycles. The maximum Gasteiger partial charge on any atom is 0.413 e. The largest absolute Gasteiger partial charge is 0.505 e. The summed E-state index contributed by atoms with van der Waals surface area (Å²) >= 11 is 0.830. The van der Waals surface area contributed by atoms with Crippen LogP contribution in [0.5, 0.6) is 5.75 Å². The average Bonchev–Trinajstić information content (AvgIpc) is 3.25. The monoisotopic (exact) mass is 483 g/mol. The number of hydrogen-bond donors (Lipinski definition) is 4. The van der Waals surface area contributed by atoms with Gasteiger partial charge in [-0.25, -0.2) is 0 Å². The number of carbonyl (C=O) groups is 1. The molecule has 1 atom stereocenters. The second-order valence-electron chi connectivity index (χ2n) is 7.22. The highest BCUT2D eigenvalue weighted by Crippen LogP contribution is 2.38. The van der Waals surface area contributed by atoms with E-state index in [4.69, 9.17) is 0 Å². The van der Waals surface area contributed by atoms with Crippen molar-refractivity contribution in [3.8, 4) is 5.75 Å². The Morgan fingerprint density at radius 1 is 1.18 bits per heavy atom. The molecule has 176 valence electrons. The van der Waals surface area contributed by atoms with E-state index >= 15 is 0 Å². The number of halogens is 3. The Hall–Kier alpha value is -3.74. The smallest absolute Gasteiger partial charge is 0.413 e. The topological polar surface area (TPSA) is 119 Å². The molecule has 0 fully saturated rings. The second-order valence-corrected chi connectivity index (χ2v) is 8.20. The first-order chi connectivity index (χ1) is 15.4. The molecule has 3 rings (SSSR count). The summed E-state index contributed by atoms with van der Waals surface area (Å²) in [5.74, 6) is -1.07. The zero-order chi connectivity index (χ0) is 24.5. The number of aromatic hydroxyl groups is 1. The number of nitrogens with zero attached hydrogens (tertiary/aromatic N) is 2. The Kier molecular flexibility index (Phi) is 6.53. The van der Waals surface area contributed by atoms with Crippen LogP contribution in [0.15, 0.2) is 45.3 Å². The molecule has 3 aromatic rings. The van der Waals surface area contributed by atoms with E-state index in [1.54, 1.807) is 0 Å². The van der Waals surface area contributed by atoms with E-state index in [1.165, 1.54) is 61.8 Å². The van der Waals surface area contributed by atoms with Gasteiger partial charge in [0, 0.05) is 26.0 Å². The summed E-state index contributed by atoms with van der Waals surface area (Å²) in [6.07, 6.45) is -4.78. The fourth-order valence-corrected chi connectivity index (χ4v) is 3.81. The lowest BCUT2D eigenvalue weighted by atomic mass is 10.1. The molecule has 0 saturated carbocycles. The molecule has 1 aromatic carbocycles. The molecular weight excluding hydrogens is 463 g/mol. The summed E-state index contributed by atoms with van der Waals surface area (Å²) in [6, 6.07) is 4.48. The highest BCUT2D eigenvalue weighted by Gasteiger charge is 2.42. The fourth-order valence-electron chi connectivity index (χ4n) is 3.01. The lowest BCUT2D eigenvalue weighted by Crippen LogP contribution is -2.35. The standard InChI is InChI=1S/C20H20F3N5O4S/c1-27(2)18(31)10-6-4-7-11(15(10)29)24-14-13(17(30)26-28(3)19(14)32)25-16(20(21,22)23)12-8-5-9-33-12/h4-9,16,24-25,29H,1-3H3,(H,26,30)/t16-/m0/s1. The molecule has 0 spiro atoms. The van der Waals surface area contributed by atoms with Crippen molar-refractivity contribution in [2.45, 2.75) is 12.2 Å². The predicted octanol–water partition coefficient (Wildman–Crippen LogP) is 3.00. The number of alkyl halides is 3. The van der Waals surface area contributed by atoms with E-state index in [9.17, 15) is 32.7 Å². The van der Waals surface area contributed by atoms with Gasteiger partial charge in [0.05, 0.1) is 11.3 Å². The van der Waals surface area contributed by atoms with Crippen LogP contribution in [-0.4, -0.2) is 46.0 Å². The third-order valence-electron chi connectivity index (χ3n) is 4.64. The van der Waals surface area contributed by atoms with Crippen LogP contribution in [0.3, 0.4) is 0 Å². The SMILES string of the molecule is CN(C)C(=O)c1cccc(Nc2c(N[C@@H](c3cccs3)C(F)(F)F)c(=O)[nH]n(C)c2=O)c1O. The maximum absolute atomic E-state index is 13.8. The van der Waals surface area contributed by atoms with Crippen LogP contribution in [0, 0.1) is 0 Å². The van der Waals surface area contributed by atoms with Gasteiger partial charge in [-0.2, -0.15) is 13.2 Å². The molecule has 2 aromatic heterocycles. The van der Waals surface area contributed by atoms with E-state index in [1.807, 2.05) is 0 Å². The van der Waals surface area contributed by atoms with Crippen molar-refractivity contribution in [3.63, 3.8) is 0 Å². The van der Waals surface area contributed by atoms with Gasteiger partial charge in [0.15, 0.2) is 11.8 Å². The Bertz CT molecular complexity index is 1280. The minimum atomic E-state index is -4.78. The van der Waals surface area contributed by atoms with Crippen LogP contribution in [0.4, 0.5) is 30.2 Å². The highest BCUT2D eigenvalue weighted by atomic mass is 32.1. The second kappa shape index (κ2) is 9.02. The average molecular weight is 483 g/mol. The number of aromatic nitrogens is 2. The third-order valence-corrected chi connectivity index (χ3v) is 5.58. The first kappa shape index (κ1) is 23.9. The molecule has 9 nitrogen and oxygen atoms in total. The van der Waals surface area contributed by atoms with Gasteiger partial charge in [-0.1, -0.05) is 12.1 Å². The Morgan fingerprint density at radius 3 is 2.45 bits per heavy atom. The van der Waals surface area contributed by atoms with Gasteiger partial charge in [0.25, 0.3) is 17.0 Å². The molecule has 2 heterocycles. The molecule has 1 amide bonds. The normalized spacial score (nSPS) is 12.3. The zero-order valence-corrected chi connectivity index (χ0v) is 18.5. The number of rotatable bonds is 6. The van der Waals surface area contributed by atoms with Crippen LogP contribution in [-0.2, 0) is 7.05 Å². The molecular formula is C20H20F3N5O4S. The van der Waals surface area contributed by atoms with E-state index < -0.39 is 46.4 Å². The Balaban J connectivity index is 2.13. The lowest BCUT2D eigenvalue weighted by molar-refractivity contribution is -0.143. The van der Waals surface area contributed by atoms with Crippen molar-refractivity contribution in [1.82, 2.24) is 14.7 Å². The number of thiophene rings is 1. The van der Waals surface area contributed by atoms with Gasteiger partial charge in [-0.05, 0) is 23.6 Å². The van der Waals surface area contributed by atoms with Crippen molar-refractivity contribution < 1.29 is 23.1 Å². The van der Waals surface area contributed by atoms with E-state index in [0.717, 1.165) is 16.0 Å². The molecule has 0 bridgehead atoms. The van der Waals surface area contributed by atoms with Gasteiger partial charge < -0.3 is 20.6 Å². The number of carbonyl (C=O) groups excluding carboxylic acids is 1. The quantitative estimate of drug-likeness (QED) is 0.400. The van der Waals surface area contributed by atoms with Crippen LogP contribution in [0.25, 0.3) is 0 Å². The number of anilines is 3. The minimum absolute atomic E-state index is 0.104. The summed E-state index contributed by atoms with van der Waals surface area (Å²) < 4.78 is 42.1. The number of H-pyrrole nitrogens is 1. The van der Waals surface area contributed by atoms with Gasteiger partial charge in [0.1, 0.15) is 11.4 Å². The number of phenols is 1. The Morgan fingerprint density at radius 2 is 1.88 bits per heavy atom. The van der Waals surface area contributed by atoms with Gasteiger partial charge in [0.2, 0.25) is 0 Å². The fraction of sp³-hybridized carbons (Fsp3) is 0.250. The van der Waals surface area contributed by atoms with Crippen molar-refractivity contribution in [2.24, 2.45) is 7.05 Å². The molecule has 0 unspecified atom stereocenters. The van der Waals surface area contributed by atoms with Crippen LogP contribution >= 0.6 is 11.3 Å². The van der Waals surface area contributed by atoms with Crippen LogP contribution < -0.4 is 21.8 Å². The van der Waals surface area contributed by atoms with E-state index in [-0.39, 0.29) is 16.1 Å². The first-order valence-corrected chi connectivity index (χ1v) is 10.3. The third kappa shape index (κ3) is 4.87. The van der Waals surface area contributed by atoms with E-state index in [0.29, 0.717) is 0 Å². The number of phenolic OH excluding ortho intramolecular Hbond substituents is 1. The van der Waals surface area contributed by atoms with Gasteiger partial charge in [-0.15, -0.1) is 11.3 Å². The van der Waals surface area contributed by atoms with Crippen LogP contribution in [0.2, 0.25) is 0 Å². The molecule has 13 heteroatoms. The van der Waals surface area contributed by atoms with Crippen molar-refractivity contribution in [2.75, 3.05) is 24.7 Å².